The summed E-state index contributed by atoms with van der Waals surface area (Å²) in [5.74, 6) is -5.16. The average molecular weight is 385 g/mol. The maximum Gasteiger partial charge on any atom is 0.347 e. The van der Waals surface area contributed by atoms with Gasteiger partial charge in [-0.25, -0.2) is 14.4 Å². The summed E-state index contributed by atoms with van der Waals surface area (Å²) >= 11 is 0. The van der Waals surface area contributed by atoms with Crippen molar-refractivity contribution in [2.75, 3.05) is 0 Å². The van der Waals surface area contributed by atoms with Crippen LogP contribution in [0.3, 0.4) is 0 Å². The van der Waals surface area contributed by atoms with Gasteiger partial charge in [-0.05, 0) is 38.1 Å². The number of nitrogens with one attached hydrogen (secondary N) is 1. The van der Waals surface area contributed by atoms with Gasteiger partial charge in [-0.2, -0.15) is 0 Å². The Kier molecular flexibility index (Phi) is 6.49. The Hall–Kier alpha value is -3.68. The molecule has 0 saturated carbocycles. The van der Waals surface area contributed by atoms with Gasteiger partial charge < -0.3 is 20.3 Å². The van der Waals surface area contributed by atoms with Crippen molar-refractivity contribution in [2.45, 2.75) is 26.0 Å². The van der Waals surface area contributed by atoms with Gasteiger partial charge in [0.1, 0.15) is 0 Å². The zero-order valence-corrected chi connectivity index (χ0v) is 15.2. The molecule has 2 aromatic rings. The van der Waals surface area contributed by atoms with Crippen LogP contribution < -0.4 is 5.32 Å². The second kappa shape index (κ2) is 8.81. The van der Waals surface area contributed by atoms with Crippen molar-refractivity contribution in [1.82, 2.24) is 5.32 Å². The fourth-order valence-electron chi connectivity index (χ4n) is 2.33. The topological polar surface area (TPSA) is 130 Å². The van der Waals surface area contributed by atoms with Crippen LogP contribution in [0.15, 0.2) is 48.5 Å². The van der Waals surface area contributed by atoms with Gasteiger partial charge in [0.05, 0.1) is 5.56 Å². The number of carboxylic acids is 2. The number of esters is 1. The first-order valence-electron chi connectivity index (χ1n) is 8.30. The third kappa shape index (κ3) is 5.16. The summed E-state index contributed by atoms with van der Waals surface area (Å²) in [6.07, 6.45) is -2.11. The highest BCUT2D eigenvalue weighted by molar-refractivity contribution is 5.99. The van der Waals surface area contributed by atoms with Crippen molar-refractivity contribution in [2.24, 2.45) is 0 Å². The van der Waals surface area contributed by atoms with Crippen LogP contribution >= 0.6 is 0 Å². The minimum absolute atomic E-state index is 0.0610. The molecule has 0 aliphatic carbocycles. The van der Waals surface area contributed by atoms with E-state index >= 15 is 0 Å². The molecule has 1 amide bonds. The molecule has 2 aromatic carbocycles. The molecule has 0 aromatic heterocycles. The Morgan fingerprint density at radius 1 is 0.786 bits per heavy atom. The number of hydrogen-bond acceptors (Lipinski definition) is 5. The lowest BCUT2D eigenvalue weighted by Gasteiger charge is -2.22. The molecule has 146 valence electrons. The van der Waals surface area contributed by atoms with Crippen LogP contribution in [0.5, 0.6) is 0 Å². The second-order valence-corrected chi connectivity index (χ2v) is 6.19. The quantitative estimate of drug-likeness (QED) is 0.620. The van der Waals surface area contributed by atoms with Crippen molar-refractivity contribution in [3.05, 3.63) is 70.8 Å². The molecule has 0 bridgehead atoms. The number of amides is 1. The van der Waals surface area contributed by atoms with Gasteiger partial charge in [0, 0.05) is 5.56 Å². The summed E-state index contributed by atoms with van der Waals surface area (Å²) in [4.78, 5) is 47.6. The molecule has 0 saturated heterocycles. The van der Waals surface area contributed by atoms with Gasteiger partial charge >= 0.3 is 17.9 Å². The lowest BCUT2D eigenvalue weighted by atomic mass is 10.1. The fourth-order valence-corrected chi connectivity index (χ4v) is 2.33. The third-order valence-corrected chi connectivity index (χ3v) is 3.93. The SMILES string of the molecule is Cc1ccc(C(=O)N[C@@H](C(=O)O)[C@@H](OC(=O)c2ccc(C)cc2)C(=O)O)cc1. The predicted octanol–water partition coefficient (Wildman–Crippen LogP) is 1.80. The number of carbonyl (C=O) groups excluding carboxylic acids is 2. The zero-order valence-electron chi connectivity index (χ0n) is 15.2. The molecule has 3 N–H and O–H groups in total. The van der Waals surface area contributed by atoms with Gasteiger partial charge in [-0.3, -0.25) is 4.79 Å². The minimum atomic E-state index is -2.11. The lowest BCUT2D eigenvalue weighted by molar-refractivity contribution is -0.156. The van der Waals surface area contributed by atoms with Crippen molar-refractivity contribution in [1.29, 1.82) is 0 Å². The standard InChI is InChI=1S/C20H19NO7/c1-11-3-7-13(8-4-11)17(22)21-15(18(23)24)16(19(25)26)28-20(27)14-9-5-12(2)6-10-14/h3-10,15-16H,1-2H3,(H,21,22)(H,23,24)(H,25,26)/t15-,16-/m1/s1. The highest BCUT2D eigenvalue weighted by atomic mass is 16.6. The summed E-state index contributed by atoms with van der Waals surface area (Å²) in [6, 6.07) is 10.4. The molecule has 2 atom stereocenters. The molecule has 2 rings (SSSR count). The summed E-state index contributed by atoms with van der Waals surface area (Å²) in [5, 5.41) is 20.8. The Labute approximate surface area is 160 Å². The average Bonchev–Trinajstić information content (AvgIpc) is 2.64. The third-order valence-electron chi connectivity index (χ3n) is 3.93. The smallest absolute Gasteiger partial charge is 0.347 e. The van der Waals surface area contributed by atoms with Crippen LogP contribution in [0.1, 0.15) is 31.8 Å². The molecule has 0 radical (unpaired) electrons. The van der Waals surface area contributed by atoms with Gasteiger partial charge in [-0.15, -0.1) is 0 Å². The number of ether oxygens (including phenoxy) is 1. The van der Waals surface area contributed by atoms with E-state index in [0.717, 1.165) is 11.1 Å². The molecular formula is C20H19NO7. The fraction of sp³-hybridized carbons (Fsp3) is 0.200. The largest absolute Gasteiger partial charge is 0.480 e. The number of rotatable bonds is 7. The van der Waals surface area contributed by atoms with Crippen LogP contribution in [-0.4, -0.2) is 46.2 Å². The van der Waals surface area contributed by atoms with E-state index in [0.29, 0.717) is 0 Å². The summed E-state index contributed by atoms with van der Waals surface area (Å²) in [6.45, 7) is 3.61. The van der Waals surface area contributed by atoms with Crippen LogP contribution in [0.2, 0.25) is 0 Å². The van der Waals surface area contributed by atoms with Crippen molar-refractivity contribution >= 4 is 23.8 Å². The maximum atomic E-state index is 12.3. The molecule has 8 heteroatoms. The van der Waals surface area contributed by atoms with Crippen molar-refractivity contribution in [3.63, 3.8) is 0 Å². The zero-order chi connectivity index (χ0) is 20.8. The minimum Gasteiger partial charge on any atom is -0.480 e. The summed E-state index contributed by atoms with van der Waals surface area (Å²) in [7, 11) is 0. The van der Waals surface area contributed by atoms with Gasteiger partial charge in [-0.1, -0.05) is 35.4 Å². The van der Waals surface area contributed by atoms with Crippen LogP contribution in [0.25, 0.3) is 0 Å². The van der Waals surface area contributed by atoms with E-state index in [4.69, 9.17) is 4.74 Å². The Morgan fingerprint density at radius 3 is 1.68 bits per heavy atom. The highest BCUT2D eigenvalue weighted by Crippen LogP contribution is 2.11. The summed E-state index contributed by atoms with van der Waals surface area (Å²) < 4.78 is 4.88. The van der Waals surface area contributed by atoms with E-state index in [1.165, 1.54) is 24.3 Å². The number of carboxylic acid groups (broad SMARTS) is 2. The van der Waals surface area contributed by atoms with Gasteiger partial charge in [0.15, 0.2) is 6.04 Å². The molecule has 28 heavy (non-hydrogen) atoms. The number of aliphatic carboxylic acids is 2. The Bertz CT molecular complexity index is 812. The normalized spacial score (nSPS) is 12.5. The second-order valence-electron chi connectivity index (χ2n) is 6.19. The van der Waals surface area contributed by atoms with Crippen LogP contribution in [-0.2, 0) is 14.3 Å². The predicted molar refractivity (Wildman–Crippen MR) is 98.1 cm³/mol. The van der Waals surface area contributed by atoms with Gasteiger partial charge in [0.2, 0.25) is 6.10 Å². The van der Waals surface area contributed by atoms with E-state index in [9.17, 15) is 29.4 Å². The molecule has 0 aliphatic heterocycles. The Balaban J connectivity index is 2.21. The van der Waals surface area contributed by atoms with Gasteiger partial charge in [0.25, 0.3) is 5.91 Å². The molecule has 8 nitrogen and oxygen atoms in total. The van der Waals surface area contributed by atoms with Crippen molar-refractivity contribution in [3.8, 4) is 0 Å². The van der Waals surface area contributed by atoms with Crippen LogP contribution in [0, 0.1) is 13.8 Å². The number of hydrogen-bond donors (Lipinski definition) is 3. The van der Waals surface area contributed by atoms with E-state index < -0.39 is 36.0 Å². The molecule has 0 fully saturated rings. The molecular weight excluding hydrogens is 366 g/mol. The number of benzene rings is 2. The number of aryl methyl sites for hydroxylation is 2. The first kappa shape index (κ1) is 20.6. The lowest BCUT2D eigenvalue weighted by Crippen LogP contribution is -2.53. The first-order chi connectivity index (χ1) is 13.2. The molecule has 0 heterocycles. The van der Waals surface area contributed by atoms with E-state index in [1.54, 1.807) is 31.2 Å². The van der Waals surface area contributed by atoms with E-state index in [2.05, 4.69) is 5.32 Å². The molecule has 0 unspecified atom stereocenters. The number of carbonyl (C=O) groups is 4. The molecule has 0 aliphatic rings. The molecule has 0 spiro atoms. The maximum absolute atomic E-state index is 12.3. The monoisotopic (exact) mass is 385 g/mol. The first-order valence-corrected chi connectivity index (χ1v) is 8.30. The van der Waals surface area contributed by atoms with E-state index in [1.807, 2.05) is 6.92 Å². The highest BCUT2D eigenvalue weighted by Gasteiger charge is 2.38. The van der Waals surface area contributed by atoms with E-state index in [-0.39, 0.29) is 11.1 Å². The van der Waals surface area contributed by atoms with Crippen LogP contribution in [0.4, 0.5) is 0 Å². The summed E-state index contributed by atoms with van der Waals surface area (Å²) in [5.41, 5.74) is 1.97. The Morgan fingerprint density at radius 2 is 1.25 bits per heavy atom. The van der Waals surface area contributed by atoms with Crippen molar-refractivity contribution < 1.29 is 34.1 Å².